The summed E-state index contributed by atoms with van der Waals surface area (Å²) in [5.41, 5.74) is 1.13. The molecule has 1 aliphatic carbocycles. The molecule has 1 saturated carbocycles. The number of amides is 1. The number of hydrogen-bond acceptors (Lipinski definition) is 5. The van der Waals surface area contributed by atoms with Crippen LogP contribution in [0.1, 0.15) is 58.9 Å². The Kier molecular flexibility index (Phi) is 5.96. The molecule has 3 rings (SSSR count). The lowest BCUT2D eigenvalue weighted by Gasteiger charge is -2.52. The SMILES string of the molecule is CC(C)(C)CC(=O)N[C@H]1C[C@@H](Cc2cc(CN3CCOCC3)on2)C1(C)C. The number of carbonyl (C=O) groups excluding carboxylic acids is 1. The molecule has 0 aromatic carbocycles. The second-order valence-electron chi connectivity index (χ2n) is 9.99. The van der Waals surface area contributed by atoms with Crippen LogP contribution < -0.4 is 5.32 Å². The van der Waals surface area contributed by atoms with Crippen molar-refractivity contribution in [2.24, 2.45) is 16.7 Å². The van der Waals surface area contributed by atoms with E-state index in [1.165, 1.54) is 0 Å². The number of ether oxygens (including phenoxy) is 1. The third-order valence-corrected chi connectivity index (χ3v) is 6.04. The largest absolute Gasteiger partial charge is 0.379 e. The highest BCUT2D eigenvalue weighted by molar-refractivity contribution is 5.77. The van der Waals surface area contributed by atoms with Gasteiger partial charge in [0.1, 0.15) is 0 Å². The van der Waals surface area contributed by atoms with Crippen molar-refractivity contribution in [2.45, 2.75) is 66.5 Å². The molecule has 0 unspecified atom stereocenters. The average Bonchev–Trinajstić information content (AvgIpc) is 3.00. The molecule has 1 aromatic rings. The molecule has 0 bridgehead atoms. The van der Waals surface area contributed by atoms with Gasteiger partial charge in [-0.3, -0.25) is 9.69 Å². The lowest BCUT2D eigenvalue weighted by Crippen LogP contribution is -2.59. The second-order valence-corrected chi connectivity index (χ2v) is 9.99. The molecule has 152 valence electrons. The van der Waals surface area contributed by atoms with Crippen LogP contribution in [0.4, 0.5) is 0 Å². The van der Waals surface area contributed by atoms with Crippen molar-refractivity contribution in [1.29, 1.82) is 0 Å². The maximum Gasteiger partial charge on any atom is 0.220 e. The summed E-state index contributed by atoms with van der Waals surface area (Å²) in [7, 11) is 0. The van der Waals surface area contributed by atoms with Gasteiger partial charge in [-0.1, -0.05) is 39.8 Å². The Bertz CT molecular complexity index is 641. The summed E-state index contributed by atoms with van der Waals surface area (Å²) < 4.78 is 10.9. The molecule has 1 aromatic heterocycles. The van der Waals surface area contributed by atoms with Crippen LogP contribution in [0.15, 0.2) is 10.6 Å². The Balaban J connectivity index is 1.48. The molecule has 2 heterocycles. The number of hydrogen-bond donors (Lipinski definition) is 1. The highest BCUT2D eigenvalue weighted by Gasteiger charge is 2.48. The number of morpholine rings is 1. The lowest BCUT2D eigenvalue weighted by atomic mass is 9.57. The first-order valence-electron chi connectivity index (χ1n) is 10.2. The predicted octanol–water partition coefficient (Wildman–Crippen LogP) is 3.02. The highest BCUT2D eigenvalue weighted by Crippen LogP contribution is 2.47. The Hall–Kier alpha value is -1.40. The van der Waals surface area contributed by atoms with Crippen LogP contribution in [-0.2, 0) is 22.5 Å². The minimum atomic E-state index is 0.0228. The first kappa shape index (κ1) is 20.3. The Morgan fingerprint density at radius 2 is 2.04 bits per heavy atom. The molecular formula is C21H35N3O3. The van der Waals surface area contributed by atoms with Crippen LogP contribution in [0.5, 0.6) is 0 Å². The van der Waals surface area contributed by atoms with E-state index < -0.39 is 0 Å². The molecule has 2 aliphatic rings. The minimum absolute atomic E-state index is 0.0228. The normalized spacial score (nSPS) is 25.8. The van der Waals surface area contributed by atoms with Gasteiger partial charge in [-0.2, -0.15) is 0 Å². The number of aromatic nitrogens is 1. The first-order chi connectivity index (χ1) is 12.6. The summed E-state index contributed by atoms with van der Waals surface area (Å²) in [6, 6.07) is 2.34. The Morgan fingerprint density at radius 3 is 2.67 bits per heavy atom. The third-order valence-electron chi connectivity index (χ3n) is 6.04. The van der Waals surface area contributed by atoms with Gasteiger partial charge >= 0.3 is 0 Å². The van der Waals surface area contributed by atoms with E-state index in [9.17, 15) is 4.79 Å². The molecule has 1 aliphatic heterocycles. The highest BCUT2D eigenvalue weighted by atomic mass is 16.5. The zero-order valence-corrected chi connectivity index (χ0v) is 17.5. The van der Waals surface area contributed by atoms with Gasteiger partial charge in [-0.15, -0.1) is 0 Å². The van der Waals surface area contributed by atoms with Crippen molar-refractivity contribution in [3.63, 3.8) is 0 Å². The fraction of sp³-hybridized carbons (Fsp3) is 0.810. The summed E-state index contributed by atoms with van der Waals surface area (Å²) in [4.78, 5) is 14.6. The van der Waals surface area contributed by atoms with Gasteiger partial charge in [0.25, 0.3) is 0 Å². The van der Waals surface area contributed by atoms with Gasteiger partial charge in [0, 0.05) is 31.6 Å². The summed E-state index contributed by atoms with van der Waals surface area (Å²) >= 11 is 0. The van der Waals surface area contributed by atoms with Gasteiger partial charge in [0.15, 0.2) is 5.76 Å². The van der Waals surface area contributed by atoms with Crippen LogP contribution in [0.2, 0.25) is 0 Å². The standard InChI is InChI=1S/C21H35N3O3/c1-20(2,3)13-19(25)22-18-11-15(21(18,4)5)10-16-12-17(27-23-16)14-24-6-8-26-9-7-24/h12,15,18H,6-11,13-14H2,1-5H3,(H,22,25)/t15-,18+/m1/s1. The van der Waals surface area contributed by atoms with Gasteiger partial charge in [0.2, 0.25) is 5.91 Å². The van der Waals surface area contributed by atoms with Gasteiger partial charge in [0.05, 0.1) is 25.5 Å². The van der Waals surface area contributed by atoms with Crippen LogP contribution >= 0.6 is 0 Å². The third kappa shape index (κ3) is 5.32. The predicted molar refractivity (Wildman–Crippen MR) is 104 cm³/mol. The zero-order chi connectivity index (χ0) is 19.7. The van der Waals surface area contributed by atoms with E-state index in [4.69, 9.17) is 9.26 Å². The first-order valence-corrected chi connectivity index (χ1v) is 10.2. The Labute approximate surface area is 163 Å². The van der Waals surface area contributed by atoms with E-state index >= 15 is 0 Å². The zero-order valence-electron chi connectivity index (χ0n) is 17.5. The summed E-state index contributed by atoms with van der Waals surface area (Å²) in [5.74, 6) is 1.60. The van der Waals surface area contributed by atoms with Crippen molar-refractivity contribution >= 4 is 5.91 Å². The molecule has 1 N–H and O–H groups in total. The van der Waals surface area contributed by atoms with Crippen LogP contribution in [-0.4, -0.2) is 48.3 Å². The van der Waals surface area contributed by atoms with E-state index in [1.807, 2.05) is 0 Å². The van der Waals surface area contributed by atoms with Crippen molar-refractivity contribution < 1.29 is 14.1 Å². The smallest absolute Gasteiger partial charge is 0.220 e. The number of nitrogens with zero attached hydrogens (tertiary/aromatic N) is 2. The summed E-state index contributed by atoms with van der Waals surface area (Å²) in [6.45, 7) is 15.1. The van der Waals surface area contributed by atoms with Crippen molar-refractivity contribution in [2.75, 3.05) is 26.3 Å². The molecule has 0 spiro atoms. The Morgan fingerprint density at radius 1 is 1.33 bits per heavy atom. The monoisotopic (exact) mass is 377 g/mol. The van der Waals surface area contributed by atoms with Gasteiger partial charge < -0.3 is 14.6 Å². The maximum absolute atomic E-state index is 12.3. The van der Waals surface area contributed by atoms with Crippen molar-refractivity contribution in [3.8, 4) is 0 Å². The molecule has 1 amide bonds. The van der Waals surface area contributed by atoms with Gasteiger partial charge in [-0.25, -0.2) is 0 Å². The maximum atomic E-state index is 12.3. The van der Waals surface area contributed by atoms with Crippen LogP contribution in [0.25, 0.3) is 0 Å². The summed E-state index contributed by atoms with van der Waals surface area (Å²) in [5, 5.41) is 7.52. The molecule has 6 nitrogen and oxygen atoms in total. The molecule has 1 saturated heterocycles. The van der Waals surface area contributed by atoms with E-state index in [0.29, 0.717) is 12.3 Å². The number of carbonyl (C=O) groups is 1. The quantitative estimate of drug-likeness (QED) is 0.825. The van der Waals surface area contributed by atoms with E-state index in [-0.39, 0.29) is 22.8 Å². The number of nitrogens with one attached hydrogen (secondary N) is 1. The van der Waals surface area contributed by atoms with Crippen molar-refractivity contribution in [1.82, 2.24) is 15.4 Å². The van der Waals surface area contributed by atoms with E-state index in [2.05, 4.69) is 56.1 Å². The van der Waals surface area contributed by atoms with Gasteiger partial charge in [-0.05, 0) is 29.6 Å². The molecule has 0 radical (unpaired) electrons. The topological polar surface area (TPSA) is 67.6 Å². The lowest BCUT2D eigenvalue weighted by molar-refractivity contribution is -0.127. The fourth-order valence-corrected chi connectivity index (χ4v) is 4.09. The molecule has 2 atom stereocenters. The van der Waals surface area contributed by atoms with Crippen LogP contribution in [0, 0.1) is 16.7 Å². The average molecular weight is 378 g/mol. The minimum Gasteiger partial charge on any atom is -0.379 e. The van der Waals surface area contributed by atoms with E-state index in [1.54, 1.807) is 0 Å². The molecular weight excluding hydrogens is 342 g/mol. The molecule has 6 heteroatoms. The number of rotatable bonds is 6. The van der Waals surface area contributed by atoms with Crippen molar-refractivity contribution in [3.05, 3.63) is 17.5 Å². The molecule has 2 fully saturated rings. The van der Waals surface area contributed by atoms with Crippen LogP contribution in [0.3, 0.4) is 0 Å². The van der Waals surface area contributed by atoms with E-state index in [0.717, 1.165) is 57.1 Å². The fourth-order valence-electron chi connectivity index (χ4n) is 4.09. The summed E-state index contributed by atoms with van der Waals surface area (Å²) in [6.07, 6.45) is 2.48. The second kappa shape index (κ2) is 7.92. The molecule has 27 heavy (non-hydrogen) atoms.